The highest BCUT2D eigenvalue weighted by Crippen LogP contribution is 2.31. The van der Waals surface area contributed by atoms with Crippen LogP contribution in [-0.2, 0) is 22.4 Å². The summed E-state index contributed by atoms with van der Waals surface area (Å²) >= 11 is 13.1. The van der Waals surface area contributed by atoms with Gasteiger partial charge in [0.05, 0.1) is 21.4 Å². The minimum absolute atomic E-state index is 0.250. The first kappa shape index (κ1) is 56.7. The fourth-order valence-corrected chi connectivity index (χ4v) is 9.46. The van der Waals surface area contributed by atoms with Crippen LogP contribution in [0.3, 0.4) is 0 Å². The summed E-state index contributed by atoms with van der Waals surface area (Å²) in [6.07, 6.45) is 10.5. The van der Waals surface area contributed by atoms with E-state index < -0.39 is 0 Å². The van der Waals surface area contributed by atoms with Crippen molar-refractivity contribution in [2.45, 2.75) is 12.8 Å². The monoisotopic (exact) mass is 1120 g/mol. The van der Waals surface area contributed by atoms with Gasteiger partial charge in [-0.2, -0.15) is 0 Å². The third-order valence-corrected chi connectivity index (χ3v) is 14.0. The highest BCUT2D eigenvalue weighted by molar-refractivity contribution is 6.33. The summed E-state index contributed by atoms with van der Waals surface area (Å²) in [6.45, 7) is 22.9. The van der Waals surface area contributed by atoms with Crippen molar-refractivity contribution in [3.63, 3.8) is 0 Å². The maximum absolute atomic E-state index is 11.5. The molecule has 2 amide bonds. The van der Waals surface area contributed by atoms with Crippen LogP contribution in [0, 0.1) is 0 Å². The van der Waals surface area contributed by atoms with Gasteiger partial charge in [0, 0.05) is 135 Å². The Kier molecular flexibility index (Phi) is 19.0. The van der Waals surface area contributed by atoms with E-state index in [0.717, 1.165) is 120 Å². The third kappa shape index (κ3) is 15.6. The molecule has 2 aliphatic heterocycles. The molecule has 2 fully saturated rings. The Morgan fingerprint density at radius 3 is 1.41 bits per heavy atom. The molecule has 410 valence electrons. The molecule has 16 nitrogen and oxygen atoms in total. The van der Waals surface area contributed by atoms with Crippen LogP contribution in [0.2, 0.25) is 10.0 Å². The lowest BCUT2D eigenvalue weighted by molar-refractivity contribution is -0.112. The molecule has 18 heteroatoms. The summed E-state index contributed by atoms with van der Waals surface area (Å²) in [5, 5.41) is 16.6. The van der Waals surface area contributed by atoms with Gasteiger partial charge in [-0.3, -0.25) is 9.59 Å². The smallest absolute Gasteiger partial charge is 0.247 e. The Labute approximate surface area is 482 Å². The van der Waals surface area contributed by atoms with E-state index in [1.807, 2.05) is 109 Å². The minimum Gasteiger partial charge on any atom is -0.356 e. The fraction of sp³-hybridized carbons (Fsp3) is 0.175. The molecule has 4 aromatic carbocycles. The van der Waals surface area contributed by atoms with Gasteiger partial charge < -0.3 is 41.3 Å². The molecule has 8 aromatic rings. The first-order valence-corrected chi connectivity index (χ1v) is 27.1. The molecule has 0 spiro atoms. The number of carbonyl (C=O) groups is 2. The van der Waals surface area contributed by atoms with E-state index >= 15 is 0 Å². The quantitative estimate of drug-likeness (QED) is 0.0512. The van der Waals surface area contributed by atoms with E-state index in [9.17, 15) is 9.59 Å². The van der Waals surface area contributed by atoms with Crippen molar-refractivity contribution in [1.29, 1.82) is 0 Å². The Balaban J connectivity index is 0.000000196. The molecule has 0 radical (unpaired) electrons. The van der Waals surface area contributed by atoms with Crippen LogP contribution in [0.15, 0.2) is 185 Å². The van der Waals surface area contributed by atoms with Crippen LogP contribution < -0.4 is 36.4 Å². The number of likely N-dealkylation sites (N-methyl/N-ethyl adjacent to an activating group) is 1. The number of piperazine rings is 2. The lowest BCUT2D eigenvalue weighted by atomic mass is 10.1. The number of hydrogen-bond acceptors (Lipinski definition) is 14. The minimum atomic E-state index is -0.251. The average Bonchev–Trinajstić information content (AvgIpc) is 3.58. The summed E-state index contributed by atoms with van der Waals surface area (Å²) in [5.41, 5.74) is 11.8. The van der Waals surface area contributed by atoms with Crippen LogP contribution in [0.1, 0.15) is 33.9 Å². The predicted molar refractivity (Wildman–Crippen MR) is 330 cm³/mol. The van der Waals surface area contributed by atoms with Gasteiger partial charge in [-0.1, -0.05) is 98.0 Å². The number of amides is 2. The number of pyridine rings is 2. The van der Waals surface area contributed by atoms with Crippen molar-refractivity contribution >= 4 is 80.8 Å². The number of aromatic nitrogens is 6. The summed E-state index contributed by atoms with van der Waals surface area (Å²) < 4.78 is 0. The van der Waals surface area contributed by atoms with E-state index in [1.54, 1.807) is 18.6 Å². The van der Waals surface area contributed by atoms with Gasteiger partial charge >= 0.3 is 0 Å². The topological polar surface area (TPSA) is 181 Å². The highest BCUT2D eigenvalue weighted by Gasteiger charge is 2.19. The fourth-order valence-electron chi connectivity index (χ4n) is 9.06. The van der Waals surface area contributed by atoms with Crippen LogP contribution >= 0.6 is 23.2 Å². The molecule has 0 unspecified atom stereocenters. The molecule has 4 aromatic heterocycles. The first-order valence-electron chi connectivity index (χ1n) is 26.4. The van der Waals surface area contributed by atoms with Gasteiger partial charge in [0.1, 0.15) is 23.3 Å². The Morgan fingerprint density at radius 1 is 0.543 bits per heavy atom. The van der Waals surface area contributed by atoms with E-state index in [4.69, 9.17) is 33.2 Å². The number of nitrogens with zero attached hydrogens (tertiary/aromatic N) is 9. The van der Waals surface area contributed by atoms with Gasteiger partial charge in [0.15, 0.2) is 0 Å². The average molecular weight is 1120 g/mol. The molecule has 2 aliphatic rings. The molecule has 0 aliphatic carbocycles. The van der Waals surface area contributed by atoms with E-state index in [2.05, 4.69) is 113 Å². The van der Waals surface area contributed by atoms with Crippen LogP contribution in [0.5, 0.6) is 0 Å². The van der Waals surface area contributed by atoms with Crippen molar-refractivity contribution < 1.29 is 9.59 Å². The summed E-state index contributed by atoms with van der Waals surface area (Å²) in [6, 6.07) is 39.0. The lowest BCUT2D eigenvalue weighted by Crippen LogP contribution is -2.44. The van der Waals surface area contributed by atoms with Crippen LogP contribution in [0.25, 0.3) is 33.9 Å². The molecular weight excluding hydrogens is 1060 g/mol. The summed E-state index contributed by atoms with van der Waals surface area (Å²) in [4.78, 5) is 57.7. The molecule has 6 heterocycles. The largest absolute Gasteiger partial charge is 0.356 e. The second-order valence-corrected chi connectivity index (χ2v) is 20.1. The van der Waals surface area contributed by atoms with Crippen LogP contribution in [-0.4, -0.2) is 106 Å². The number of rotatable bonds is 18. The van der Waals surface area contributed by atoms with Gasteiger partial charge in [0.2, 0.25) is 11.8 Å². The van der Waals surface area contributed by atoms with E-state index in [-0.39, 0.29) is 11.8 Å². The number of carbonyl (C=O) groups excluding carboxylic acids is 2. The van der Waals surface area contributed by atoms with Crippen molar-refractivity contribution in [2.75, 3.05) is 90.5 Å². The maximum atomic E-state index is 11.5. The number of hydrogen-bond donors (Lipinski definition) is 5. The molecule has 0 bridgehead atoms. The molecule has 2 saturated heterocycles. The van der Waals surface area contributed by atoms with E-state index in [0.29, 0.717) is 57.3 Å². The zero-order valence-corrected chi connectivity index (χ0v) is 46.5. The number of benzene rings is 4. The van der Waals surface area contributed by atoms with Gasteiger partial charge in [-0.15, -0.1) is 0 Å². The Hall–Kier alpha value is -9.06. The normalized spacial score (nSPS) is 13.2. The van der Waals surface area contributed by atoms with Gasteiger partial charge in [-0.05, 0) is 114 Å². The first-order chi connectivity index (χ1) is 39.4. The van der Waals surface area contributed by atoms with Crippen molar-refractivity contribution in [3.8, 4) is 22.5 Å². The molecule has 5 N–H and O–H groups in total. The molecule has 10 rings (SSSR count). The maximum Gasteiger partial charge on any atom is 0.247 e. The standard InChI is InChI=1S/C32H32ClN7O.C31H30ClN7O/c1-4-31(41)37-26-10-8-24(9-11-26)22(2)36-27-7-5-6-23(18-27)19-29-35-21-28(33)32(38-29)25-12-13-34-30(20-25)40-16-14-39(3)15-17-40;1-3-30(40)37-25-9-7-23(8-10-25)21(2)36-26-6-4-5-22(17-26)18-28-35-20-27(32)31(38-28)24-11-12-34-29(19-24)39-15-13-33-14-16-39/h4-13,18,20-21,36H,1-2,14-17,19H2,3H3,(H,37,41);3-12,17,19-20,33,36H,1-2,13-16,18H2,(H,37,40). The molecule has 0 saturated carbocycles. The van der Waals surface area contributed by atoms with Crippen molar-refractivity contribution in [3.05, 3.63) is 229 Å². The molecule has 81 heavy (non-hydrogen) atoms. The zero-order valence-electron chi connectivity index (χ0n) is 45.0. The predicted octanol–water partition coefficient (Wildman–Crippen LogP) is 11.1. The van der Waals surface area contributed by atoms with Crippen LogP contribution in [0.4, 0.5) is 34.4 Å². The second kappa shape index (κ2) is 27.2. The second-order valence-electron chi connectivity index (χ2n) is 19.3. The van der Waals surface area contributed by atoms with Crippen molar-refractivity contribution in [1.82, 2.24) is 40.1 Å². The third-order valence-electron chi connectivity index (χ3n) is 13.4. The zero-order chi connectivity index (χ0) is 56.7. The van der Waals surface area contributed by atoms with Crippen molar-refractivity contribution in [2.24, 2.45) is 0 Å². The summed E-state index contributed by atoms with van der Waals surface area (Å²) in [5.74, 6) is 2.70. The number of nitrogens with one attached hydrogen (secondary N) is 5. The lowest BCUT2D eigenvalue weighted by Gasteiger charge is -2.33. The SMILES string of the molecule is C=CC(=O)Nc1ccc(C(=C)Nc2cccc(Cc3ncc(Cl)c(-c4ccnc(N5CCN(C)CC5)c4)n3)c2)cc1.C=CC(=O)Nc1ccc(C(=C)Nc2cccc(Cc3ncc(Cl)c(-c4ccnc(N5CCNCC5)c4)n3)c2)cc1. The number of halogens is 2. The van der Waals surface area contributed by atoms with Gasteiger partial charge in [-0.25, -0.2) is 29.9 Å². The van der Waals surface area contributed by atoms with Gasteiger partial charge in [0.25, 0.3) is 0 Å². The molecular formula is C63H62Cl2N14O2. The Bertz CT molecular complexity index is 3560. The van der Waals surface area contributed by atoms with E-state index in [1.165, 1.54) is 12.2 Å². The summed E-state index contributed by atoms with van der Waals surface area (Å²) in [7, 11) is 2.14. The highest BCUT2D eigenvalue weighted by atomic mass is 35.5. The number of anilines is 6. The Morgan fingerprint density at radius 2 is 0.975 bits per heavy atom. The molecule has 0 atom stereocenters.